The number of nitrogen functional groups attached to an aromatic ring is 1. The zero-order valence-electron chi connectivity index (χ0n) is 9.86. The number of amides is 1. The van der Waals surface area contributed by atoms with Crippen LogP contribution in [0, 0.1) is 0 Å². The lowest BCUT2D eigenvalue weighted by Gasteiger charge is -2.03. The number of aromatic nitrogens is 1. The van der Waals surface area contributed by atoms with Crippen LogP contribution in [0.5, 0.6) is 0 Å². The van der Waals surface area contributed by atoms with Gasteiger partial charge in [-0.25, -0.2) is 10.8 Å². The van der Waals surface area contributed by atoms with Gasteiger partial charge in [0.1, 0.15) is 16.0 Å². The Bertz CT molecular complexity index is 399. The van der Waals surface area contributed by atoms with Crippen molar-refractivity contribution in [2.24, 2.45) is 5.84 Å². The molecule has 1 aromatic heterocycles. The largest absolute Gasteiger partial charge is 0.371 e. The van der Waals surface area contributed by atoms with E-state index >= 15 is 0 Å². The number of carbonyl (C=O) groups excluding carboxylic acids is 1. The molecule has 94 valence electrons. The zero-order valence-corrected chi connectivity index (χ0v) is 10.7. The molecule has 1 unspecified atom stereocenters. The number of hydrogen-bond donors (Lipinski definition) is 2. The summed E-state index contributed by atoms with van der Waals surface area (Å²) in [5, 5.41) is 0.907. The van der Waals surface area contributed by atoms with Crippen LogP contribution >= 0.6 is 11.3 Å². The van der Waals surface area contributed by atoms with Gasteiger partial charge in [0.05, 0.1) is 5.69 Å². The summed E-state index contributed by atoms with van der Waals surface area (Å²) < 4.78 is 5.58. The van der Waals surface area contributed by atoms with E-state index in [1.807, 2.05) is 0 Å². The Hall–Kier alpha value is -0.980. The molecule has 2 rings (SSSR count). The Kier molecular flexibility index (Phi) is 4.09. The van der Waals surface area contributed by atoms with Gasteiger partial charge in [0.2, 0.25) is 0 Å². The summed E-state index contributed by atoms with van der Waals surface area (Å²) in [6.07, 6.45) is 3.87. The maximum Gasteiger partial charge on any atom is 0.277 e. The molecule has 0 aromatic carbocycles. The van der Waals surface area contributed by atoms with Gasteiger partial charge in [0, 0.05) is 6.61 Å². The second-order valence-electron chi connectivity index (χ2n) is 4.05. The second-order valence-corrected chi connectivity index (χ2v) is 5.08. The highest BCUT2D eigenvalue weighted by atomic mass is 32.1. The van der Waals surface area contributed by atoms with E-state index in [1.54, 1.807) is 0 Å². The highest BCUT2D eigenvalue weighted by Gasteiger charge is 2.25. The van der Waals surface area contributed by atoms with E-state index in [9.17, 15) is 4.79 Å². The SMILES string of the molecule is CCCc1nc(C2CCCO2)sc1C(=O)NN. The molecule has 1 aromatic rings. The summed E-state index contributed by atoms with van der Waals surface area (Å²) in [7, 11) is 0. The van der Waals surface area contributed by atoms with Crippen LogP contribution in [0.1, 0.15) is 52.7 Å². The predicted molar refractivity (Wildman–Crippen MR) is 65.7 cm³/mol. The Morgan fingerprint density at radius 2 is 2.53 bits per heavy atom. The summed E-state index contributed by atoms with van der Waals surface area (Å²) in [4.78, 5) is 16.8. The van der Waals surface area contributed by atoms with Crippen LogP contribution < -0.4 is 11.3 Å². The van der Waals surface area contributed by atoms with Crippen molar-refractivity contribution in [2.45, 2.75) is 38.7 Å². The first kappa shape index (κ1) is 12.5. The van der Waals surface area contributed by atoms with E-state index in [2.05, 4.69) is 17.3 Å². The van der Waals surface area contributed by atoms with E-state index in [0.717, 1.165) is 43.0 Å². The lowest BCUT2D eigenvalue weighted by atomic mass is 10.2. The second kappa shape index (κ2) is 5.57. The Morgan fingerprint density at radius 1 is 1.71 bits per heavy atom. The molecule has 2 heterocycles. The van der Waals surface area contributed by atoms with Crippen LogP contribution in [-0.2, 0) is 11.2 Å². The minimum atomic E-state index is -0.254. The van der Waals surface area contributed by atoms with E-state index in [0.29, 0.717) is 4.88 Å². The summed E-state index contributed by atoms with van der Waals surface area (Å²) in [5.74, 6) is 4.93. The van der Waals surface area contributed by atoms with E-state index in [4.69, 9.17) is 10.6 Å². The topological polar surface area (TPSA) is 77.2 Å². The first-order valence-electron chi connectivity index (χ1n) is 5.88. The van der Waals surface area contributed by atoms with Crippen molar-refractivity contribution in [3.8, 4) is 0 Å². The van der Waals surface area contributed by atoms with Gasteiger partial charge in [0.15, 0.2) is 0 Å². The minimum absolute atomic E-state index is 0.0648. The molecule has 1 atom stereocenters. The van der Waals surface area contributed by atoms with E-state index in [1.165, 1.54) is 11.3 Å². The van der Waals surface area contributed by atoms with Crippen molar-refractivity contribution < 1.29 is 9.53 Å². The Balaban J connectivity index is 2.26. The Morgan fingerprint density at radius 3 is 3.12 bits per heavy atom. The number of thiazole rings is 1. The number of hydrazine groups is 1. The third-order valence-electron chi connectivity index (χ3n) is 2.74. The molecular formula is C11H17N3O2S. The molecule has 0 aliphatic carbocycles. The third-order valence-corrected chi connectivity index (χ3v) is 3.93. The van der Waals surface area contributed by atoms with Crippen LogP contribution in [0.25, 0.3) is 0 Å². The molecular weight excluding hydrogens is 238 g/mol. The number of nitrogens with one attached hydrogen (secondary N) is 1. The zero-order chi connectivity index (χ0) is 12.3. The summed E-state index contributed by atoms with van der Waals surface area (Å²) in [6, 6.07) is 0. The number of carbonyl (C=O) groups is 1. The maximum atomic E-state index is 11.6. The van der Waals surface area contributed by atoms with Crippen LogP contribution in [0.3, 0.4) is 0 Å². The highest BCUT2D eigenvalue weighted by Crippen LogP contribution is 2.33. The molecule has 0 saturated carbocycles. The van der Waals surface area contributed by atoms with E-state index in [-0.39, 0.29) is 12.0 Å². The molecule has 1 aliphatic rings. The number of nitrogens with zero attached hydrogens (tertiary/aromatic N) is 1. The average molecular weight is 255 g/mol. The average Bonchev–Trinajstić information content (AvgIpc) is 2.96. The number of rotatable bonds is 4. The van der Waals surface area contributed by atoms with Gasteiger partial charge in [-0.15, -0.1) is 11.3 Å². The third kappa shape index (κ3) is 2.65. The molecule has 1 amide bonds. The summed E-state index contributed by atoms with van der Waals surface area (Å²) in [6.45, 7) is 2.85. The van der Waals surface area contributed by atoms with Crippen molar-refractivity contribution in [3.63, 3.8) is 0 Å². The number of ether oxygens (including phenoxy) is 1. The standard InChI is InChI=1S/C11H17N3O2S/c1-2-4-7-9(10(15)14-12)17-11(13-7)8-5-3-6-16-8/h8H,2-6,12H2,1H3,(H,14,15). The van der Waals surface area contributed by atoms with Crippen molar-refractivity contribution in [1.29, 1.82) is 0 Å². The molecule has 5 nitrogen and oxygen atoms in total. The molecule has 0 bridgehead atoms. The lowest BCUT2D eigenvalue weighted by molar-refractivity contribution is 0.0956. The minimum Gasteiger partial charge on any atom is -0.371 e. The van der Waals surface area contributed by atoms with Gasteiger partial charge < -0.3 is 4.74 Å². The smallest absolute Gasteiger partial charge is 0.277 e. The molecule has 0 spiro atoms. The van der Waals surface area contributed by atoms with Gasteiger partial charge in [-0.3, -0.25) is 10.2 Å². The fourth-order valence-electron chi connectivity index (χ4n) is 1.93. The number of nitrogens with two attached hydrogens (primary N) is 1. The quantitative estimate of drug-likeness (QED) is 0.486. The molecule has 1 fully saturated rings. The van der Waals surface area contributed by atoms with Crippen LogP contribution in [0.2, 0.25) is 0 Å². The fourth-order valence-corrected chi connectivity index (χ4v) is 3.03. The van der Waals surface area contributed by atoms with Crippen molar-refractivity contribution >= 4 is 17.2 Å². The summed E-state index contributed by atoms with van der Waals surface area (Å²) in [5.41, 5.74) is 3.01. The van der Waals surface area contributed by atoms with Gasteiger partial charge in [-0.05, 0) is 19.3 Å². The number of hydrogen-bond acceptors (Lipinski definition) is 5. The van der Waals surface area contributed by atoms with Gasteiger partial charge in [-0.1, -0.05) is 13.3 Å². The van der Waals surface area contributed by atoms with Crippen molar-refractivity contribution in [2.75, 3.05) is 6.61 Å². The lowest BCUT2D eigenvalue weighted by Crippen LogP contribution is -2.30. The van der Waals surface area contributed by atoms with Crippen molar-refractivity contribution in [3.05, 3.63) is 15.6 Å². The van der Waals surface area contributed by atoms with Crippen LogP contribution in [0.4, 0.5) is 0 Å². The predicted octanol–water partition coefficient (Wildman–Crippen LogP) is 1.55. The molecule has 1 saturated heterocycles. The summed E-state index contributed by atoms with van der Waals surface area (Å²) >= 11 is 1.40. The van der Waals surface area contributed by atoms with Crippen LogP contribution in [-0.4, -0.2) is 17.5 Å². The Labute approximate surface area is 104 Å². The molecule has 3 N–H and O–H groups in total. The molecule has 1 aliphatic heterocycles. The van der Waals surface area contributed by atoms with Gasteiger partial charge in [0.25, 0.3) is 5.91 Å². The fraction of sp³-hybridized carbons (Fsp3) is 0.636. The first-order chi connectivity index (χ1) is 8.26. The molecule has 6 heteroatoms. The molecule has 17 heavy (non-hydrogen) atoms. The van der Waals surface area contributed by atoms with Gasteiger partial charge in [-0.2, -0.15) is 0 Å². The normalized spacial score (nSPS) is 19.5. The van der Waals surface area contributed by atoms with E-state index < -0.39 is 0 Å². The first-order valence-corrected chi connectivity index (χ1v) is 6.70. The van der Waals surface area contributed by atoms with Crippen molar-refractivity contribution in [1.82, 2.24) is 10.4 Å². The van der Waals surface area contributed by atoms with Crippen LogP contribution in [0.15, 0.2) is 0 Å². The van der Waals surface area contributed by atoms with Gasteiger partial charge >= 0.3 is 0 Å². The maximum absolute atomic E-state index is 11.6. The number of aryl methyl sites for hydroxylation is 1. The molecule has 0 radical (unpaired) electrons. The monoisotopic (exact) mass is 255 g/mol. The highest BCUT2D eigenvalue weighted by molar-refractivity contribution is 7.13.